The summed E-state index contributed by atoms with van der Waals surface area (Å²) in [5, 5.41) is 9.10. The fourth-order valence-electron chi connectivity index (χ4n) is 2.65. The Bertz CT molecular complexity index is 991. The summed E-state index contributed by atoms with van der Waals surface area (Å²) in [6.45, 7) is 0. The molecule has 0 aliphatic heterocycles. The summed E-state index contributed by atoms with van der Waals surface area (Å²) in [6, 6.07) is 13.8. The number of thioether (sulfide) groups is 1. The van der Waals surface area contributed by atoms with Gasteiger partial charge in [-0.15, -0.1) is 10.2 Å². The number of hydrogen-bond donors (Lipinski definition) is 1. The maximum Gasteiger partial charge on any atom is 0.210 e. The zero-order chi connectivity index (χ0) is 17.9. The van der Waals surface area contributed by atoms with Crippen molar-refractivity contribution < 1.29 is 4.74 Å². The van der Waals surface area contributed by atoms with E-state index in [9.17, 15) is 0 Å². The minimum atomic E-state index is 0.614. The highest BCUT2D eigenvalue weighted by Crippen LogP contribution is 2.21. The molecule has 0 saturated heterocycles. The Kier molecular flexibility index (Phi) is 4.49. The largest absolute Gasteiger partial charge is 0.497 e. The molecule has 0 saturated carbocycles. The first-order valence-electron chi connectivity index (χ1n) is 8.10. The van der Waals surface area contributed by atoms with Gasteiger partial charge < -0.3 is 15.0 Å². The lowest BCUT2D eigenvalue weighted by Crippen LogP contribution is -2.14. The number of methoxy groups -OCH3 is 1. The first kappa shape index (κ1) is 16.5. The molecule has 0 aliphatic carbocycles. The summed E-state index contributed by atoms with van der Waals surface area (Å²) < 4.78 is 8.72. The van der Waals surface area contributed by atoms with Gasteiger partial charge in [-0.25, -0.2) is 9.66 Å². The van der Waals surface area contributed by atoms with Gasteiger partial charge in [-0.3, -0.25) is 0 Å². The number of pyridine rings is 1. The smallest absolute Gasteiger partial charge is 0.210 e. The lowest BCUT2D eigenvalue weighted by Gasteiger charge is -2.04. The van der Waals surface area contributed by atoms with E-state index < -0.39 is 0 Å². The third-order valence-corrected chi connectivity index (χ3v) is 5.00. The van der Waals surface area contributed by atoms with Gasteiger partial charge in [0.05, 0.1) is 12.8 Å². The number of benzene rings is 1. The van der Waals surface area contributed by atoms with Crippen LogP contribution in [0.4, 0.5) is 0 Å². The Labute approximate surface area is 154 Å². The van der Waals surface area contributed by atoms with Crippen molar-refractivity contribution in [3.8, 4) is 5.75 Å². The average Bonchev–Trinajstić information content (AvgIpc) is 3.24. The van der Waals surface area contributed by atoms with E-state index in [0.717, 1.165) is 22.7 Å². The molecule has 0 unspecified atom stereocenters. The second kappa shape index (κ2) is 7.09. The van der Waals surface area contributed by atoms with E-state index >= 15 is 0 Å². The Morgan fingerprint density at radius 2 is 1.96 bits per heavy atom. The number of aromatic nitrogens is 5. The number of rotatable bonds is 6. The van der Waals surface area contributed by atoms with E-state index in [0.29, 0.717) is 23.2 Å². The van der Waals surface area contributed by atoms with E-state index in [2.05, 4.69) is 15.2 Å². The Hall–Kier alpha value is -3.00. The number of nitrogen functional groups attached to an aromatic ring is 1. The van der Waals surface area contributed by atoms with Crippen LogP contribution in [0, 0.1) is 0 Å². The predicted molar refractivity (Wildman–Crippen MR) is 101 cm³/mol. The van der Waals surface area contributed by atoms with Gasteiger partial charge in [0.15, 0.2) is 5.82 Å². The summed E-state index contributed by atoms with van der Waals surface area (Å²) >= 11 is 1.52. The monoisotopic (exact) mass is 366 g/mol. The fraction of sp³-hybridized carbons (Fsp3) is 0.167. The maximum absolute atomic E-state index is 6.17. The molecule has 0 radical (unpaired) electrons. The molecule has 132 valence electrons. The normalized spacial score (nSPS) is 11.1. The van der Waals surface area contributed by atoms with E-state index in [-0.39, 0.29) is 0 Å². The van der Waals surface area contributed by atoms with Crippen LogP contribution in [-0.2, 0) is 12.2 Å². The predicted octanol–water partition coefficient (Wildman–Crippen LogP) is 2.53. The molecule has 4 aromatic rings. The van der Waals surface area contributed by atoms with Crippen molar-refractivity contribution in [1.29, 1.82) is 0 Å². The Morgan fingerprint density at radius 3 is 2.73 bits per heavy atom. The zero-order valence-electron chi connectivity index (χ0n) is 14.2. The SMILES string of the molecule is COc1ccc(Cc2nnc(SCc3cn4ccccc4n3)n2N)cc1. The van der Waals surface area contributed by atoms with Gasteiger partial charge in [0.1, 0.15) is 11.4 Å². The van der Waals surface area contributed by atoms with Gasteiger partial charge in [-0.1, -0.05) is 30.0 Å². The van der Waals surface area contributed by atoms with E-state index in [1.807, 2.05) is 59.3 Å². The van der Waals surface area contributed by atoms with Crippen molar-refractivity contribution in [1.82, 2.24) is 24.3 Å². The summed E-state index contributed by atoms with van der Waals surface area (Å²) in [5.41, 5.74) is 3.00. The molecule has 26 heavy (non-hydrogen) atoms. The third kappa shape index (κ3) is 3.36. The lowest BCUT2D eigenvalue weighted by atomic mass is 10.1. The third-order valence-electron chi connectivity index (χ3n) is 4.02. The molecule has 0 aliphatic rings. The molecule has 8 heteroatoms. The quantitative estimate of drug-likeness (QED) is 0.417. The van der Waals surface area contributed by atoms with Crippen LogP contribution < -0.4 is 10.6 Å². The first-order chi connectivity index (χ1) is 12.7. The number of imidazole rings is 1. The number of nitrogens with two attached hydrogens (primary N) is 1. The fourth-order valence-corrected chi connectivity index (χ4v) is 3.41. The van der Waals surface area contributed by atoms with Gasteiger partial charge >= 0.3 is 0 Å². The van der Waals surface area contributed by atoms with Crippen LogP contribution in [-0.4, -0.2) is 31.4 Å². The van der Waals surface area contributed by atoms with E-state index in [4.69, 9.17) is 10.6 Å². The maximum atomic E-state index is 6.17. The van der Waals surface area contributed by atoms with Crippen molar-refractivity contribution in [2.24, 2.45) is 0 Å². The molecule has 1 aromatic carbocycles. The molecule has 0 atom stereocenters. The molecule has 3 aromatic heterocycles. The Morgan fingerprint density at radius 1 is 1.12 bits per heavy atom. The molecule has 0 fully saturated rings. The minimum absolute atomic E-state index is 0.614. The molecule has 3 heterocycles. The van der Waals surface area contributed by atoms with Crippen LogP contribution in [0.5, 0.6) is 5.75 Å². The average molecular weight is 366 g/mol. The molecular weight excluding hydrogens is 348 g/mol. The van der Waals surface area contributed by atoms with Crippen molar-refractivity contribution in [2.45, 2.75) is 17.3 Å². The Balaban J connectivity index is 1.44. The lowest BCUT2D eigenvalue weighted by molar-refractivity contribution is 0.414. The van der Waals surface area contributed by atoms with Crippen molar-refractivity contribution in [3.63, 3.8) is 0 Å². The second-order valence-electron chi connectivity index (χ2n) is 5.78. The summed E-state index contributed by atoms with van der Waals surface area (Å²) in [5.74, 6) is 8.39. The van der Waals surface area contributed by atoms with Gasteiger partial charge in [0, 0.05) is 24.6 Å². The molecule has 0 spiro atoms. The molecule has 7 nitrogen and oxygen atoms in total. The highest BCUT2D eigenvalue weighted by Gasteiger charge is 2.12. The topological polar surface area (TPSA) is 83.3 Å². The van der Waals surface area contributed by atoms with Crippen molar-refractivity contribution in [2.75, 3.05) is 13.0 Å². The number of fused-ring (bicyclic) bond motifs is 1. The molecule has 0 amide bonds. The summed E-state index contributed by atoms with van der Waals surface area (Å²) in [7, 11) is 1.65. The first-order valence-corrected chi connectivity index (χ1v) is 9.09. The summed E-state index contributed by atoms with van der Waals surface area (Å²) in [6.07, 6.45) is 4.61. The van der Waals surface area contributed by atoms with Gasteiger partial charge in [0.2, 0.25) is 5.16 Å². The van der Waals surface area contributed by atoms with Crippen LogP contribution in [0.1, 0.15) is 17.1 Å². The molecule has 4 rings (SSSR count). The standard InChI is InChI=1S/C18H18N6OS/c1-25-15-7-5-13(6-8-15)10-17-21-22-18(24(17)19)26-12-14-11-23-9-3-2-4-16(23)20-14/h2-9,11H,10,12,19H2,1H3. The van der Waals surface area contributed by atoms with E-state index in [1.165, 1.54) is 11.8 Å². The van der Waals surface area contributed by atoms with Crippen LogP contribution in [0.15, 0.2) is 60.0 Å². The van der Waals surface area contributed by atoms with Crippen molar-refractivity contribution in [3.05, 3.63) is 71.9 Å². The van der Waals surface area contributed by atoms with E-state index in [1.54, 1.807) is 11.8 Å². The van der Waals surface area contributed by atoms with Crippen molar-refractivity contribution >= 4 is 17.4 Å². The van der Waals surface area contributed by atoms with Crippen LogP contribution in [0.25, 0.3) is 5.65 Å². The summed E-state index contributed by atoms with van der Waals surface area (Å²) in [4.78, 5) is 4.58. The van der Waals surface area contributed by atoms with Gasteiger partial charge in [0.25, 0.3) is 0 Å². The molecule has 0 bridgehead atoms. The van der Waals surface area contributed by atoms with Gasteiger partial charge in [-0.2, -0.15) is 0 Å². The van der Waals surface area contributed by atoms with Crippen LogP contribution >= 0.6 is 11.8 Å². The van der Waals surface area contributed by atoms with Crippen LogP contribution in [0.2, 0.25) is 0 Å². The number of hydrogen-bond acceptors (Lipinski definition) is 6. The number of nitrogens with zero attached hydrogens (tertiary/aromatic N) is 5. The molecular formula is C18H18N6OS. The number of ether oxygens (including phenoxy) is 1. The van der Waals surface area contributed by atoms with Crippen LogP contribution in [0.3, 0.4) is 0 Å². The van der Waals surface area contributed by atoms with Gasteiger partial charge in [-0.05, 0) is 29.8 Å². The second-order valence-corrected chi connectivity index (χ2v) is 6.72. The highest BCUT2D eigenvalue weighted by molar-refractivity contribution is 7.98. The highest BCUT2D eigenvalue weighted by atomic mass is 32.2. The zero-order valence-corrected chi connectivity index (χ0v) is 15.1. The molecule has 2 N–H and O–H groups in total. The minimum Gasteiger partial charge on any atom is -0.497 e.